The van der Waals surface area contributed by atoms with E-state index in [0.29, 0.717) is 23.2 Å². The summed E-state index contributed by atoms with van der Waals surface area (Å²) in [5, 5.41) is 11.1. The summed E-state index contributed by atoms with van der Waals surface area (Å²) < 4.78 is 5.22. The molecule has 4 rings (SSSR count). The molecule has 0 bridgehead atoms. The molecule has 1 saturated heterocycles. The van der Waals surface area contributed by atoms with Crippen LogP contribution in [0.15, 0.2) is 78.6 Å². The number of aromatic nitrogens is 1. The molecule has 1 aliphatic rings. The van der Waals surface area contributed by atoms with Crippen molar-refractivity contribution in [2.75, 3.05) is 11.5 Å². The Morgan fingerprint density at radius 1 is 1.03 bits per heavy atom. The van der Waals surface area contributed by atoms with Crippen molar-refractivity contribution in [3.05, 3.63) is 101 Å². The van der Waals surface area contributed by atoms with E-state index in [1.165, 1.54) is 23.4 Å². The van der Waals surface area contributed by atoms with Crippen LogP contribution in [0, 0.1) is 6.92 Å². The van der Waals surface area contributed by atoms with Crippen LogP contribution in [0.5, 0.6) is 0 Å². The maximum absolute atomic E-state index is 13.3. The van der Waals surface area contributed by atoms with Crippen molar-refractivity contribution in [2.45, 2.75) is 26.3 Å². The summed E-state index contributed by atoms with van der Waals surface area (Å²) in [6.45, 7) is 4.08. The van der Waals surface area contributed by atoms with Gasteiger partial charge in [-0.3, -0.25) is 19.5 Å². The fourth-order valence-electron chi connectivity index (χ4n) is 3.98. The zero-order chi connectivity index (χ0) is 24.2. The summed E-state index contributed by atoms with van der Waals surface area (Å²) in [7, 11) is 0. The molecule has 7 nitrogen and oxygen atoms in total. The number of benzene rings is 2. The van der Waals surface area contributed by atoms with Crippen LogP contribution in [0.4, 0.5) is 5.69 Å². The molecule has 1 aromatic heterocycles. The summed E-state index contributed by atoms with van der Waals surface area (Å²) in [5.74, 6) is -2.39. The van der Waals surface area contributed by atoms with Crippen LogP contribution in [0.25, 0.3) is 5.76 Å². The molecule has 7 heteroatoms. The summed E-state index contributed by atoms with van der Waals surface area (Å²) in [6, 6.07) is 16.1. The number of pyridine rings is 1. The Bertz CT molecular complexity index is 1280. The van der Waals surface area contributed by atoms with E-state index in [2.05, 4.69) is 4.98 Å². The second-order valence-corrected chi connectivity index (χ2v) is 8.01. The van der Waals surface area contributed by atoms with Gasteiger partial charge in [-0.05, 0) is 49.2 Å². The highest BCUT2D eigenvalue weighted by Crippen LogP contribution is 2.42. The van der Waals surface area contributed by atoms with Gasteiger partial charge < -0.3 is 9.84 Å². The van der Waals surface area contributed by atoms with E-state index in [0.717, 1.165) is 5.56 Å². The van der Waals surface area contributed by atoms with Crippen molar-refractivity contribution < 1.29 is 24.2 Å². The van der Waals surface area contributed by atoms with Crippen molar-refractivity contribution in [3.63, 3.8) is 0 Å². The average Bonchev–Trinajstić information content (AvgIpc) is 3.13. The summed E-state index contributed by atoms with van der Waals surface area (Å²) in [4.78, 5) is 44.2. The molecule has 0 aliphatic carbocycles. The highest BCUT2D eigenvalue weighted by molar-refractivity contribution is 6.51. The fourth-order valence-corrected chi connectivity index (χ4v) is 3.98. The number of carbonyl (C=O) groups excluding carboxylic acids is 3. The summed E-state index contributed by atoms with van der Waals surface area (Å²) >= 11 is 0. The molecule has 1 amide bonds. The van der Waals surface area contributed by atoms with Gasteiger partial charge in [0.1, 0.15) is 5.76 Å². The third-order valence-corrected chi connectivity index (χ3v) is 5.55. The number of aliphatic hydroxyl groups excluding tert-OH is 1. The van der Waals surface area contributed by atoms with E-state index < -0.39 is 23.7 Å². The molecule has 1 unspecified atom stereocenters. The van der Waals surface area contributed by atoms with Gasteiger partial charge in [-0.25, -0.2) is 4.79 Å². The third-order valence-electron chi connectivity index (χ3n) is 5.55. The third kappa shape index (κ3) is 4.32. The van der Waals surface area contributed by atoms with Crippen LogP contribution in [0.2, 0.25) is 0 Å². The smallest absolute Gasteiger partial charge is 0.338 e. The number of aliphatic hydroxyl groups is 1. The Morgan fingerprint density at radius 2 is 1.76 bits per heavy atom. The first-order chi connectivity index (χ1) is 16.4. The van der Waals surface area contributed by atoms with Gasteiger partial charge in [-0.15, -0.1) is 0 Å². The Morgan fingerprint density at radius 3 is 2.47 bits per heavy atom. The Balaban J connectivity index is 1.88. The van der Waals surface area contributed by atoms with Crippen molar-refractivity contribution >= 4 is 29.1 Å². The SMILES string of the molecule is CCCOC(=O)c1cccc(N2C(=O)C(=O)/C(=C(/O)c3ccncc3)C2c2cccc(C)c2)c1. The van der Waals surface area contributed by atoms with E-state index in [1.54, 1.807) is 36.4 Å². The van der Waals surface area contributed by atoms with E-state index >= 15 is 0 Å². The molecule has 1 fully saturated rings. The minimum Gasteiger partial charge on any atom is -0.507 e. The number of hydrogen-bond acceptors (Lipinski definition) is 6. The second-order valence-electron chi connectivity index (χ2n) is 8.01. The molecule has 1 aliphatic heterocycles. The average molecular weight is 456 g/mol. The number of rotatable bonds is 6. The molecule has 172 valence electrons. The second kappa shape index (κ2) is 9.70. The molecule has 2 aromatic carbocycles. The van der Waals surface area contributed by atoms with Crippen LogP contribution in [-0.2, 0) is 14.3 Å². The molecule has 0 saturated carbocycles. The number of Topliss-reactive ketones (excluding diaryl/α,β-unsaturated/α-hetero) is 1. The maximum atomic E-state index is 13.3. The summed E-state index contributed by atoms with van der Waals surface area (Å²) in [6.07, 6.45) is 3.68. The summed E-state index contributed by atoms with van der Waals surface area (Å²) in [5.41, 5.74) is 2.57. The number of ether oxygens (including phenoxy) is 1. The predicted octanol–water partition coefficient (Wildman–Crippen LogP) is 4.58. The topological polar surface area (TPSA) is 96.8 Å². The monoisotopic (exact) mass is 456 g/mol. The highest BCUT2D eigenvalue weighted by atomic mass is 16.5. The van der Waals surface area contributed by atoms with Gasteiger partial charge in [0, 0.05) is 23.6 Å². The number of aryl methyl sites for hydroxylation is 1. The lowest BCUT2D eigenvalue weighted by atomic mass is 9.94. The molecule has 3 aromatic rings. The molecular weight excluding hydrogens is 432 g/mol. The Labute approximate surface area is 197 Å². The van der Waals surface area contributed by atoms with Gasteiger partial charge in [-0.1, -0.05) is 42.8 Å². The van der Waals surface area contributed by atoms with E-state index in [-0.39, 0.29) is 23.5 Å². The first-order valence-electron chi connectivity index (χ1n) is 11.0. The van der Waals surface area contributed by atoms with Crippen molar-refractivity contribution in [2.24, 2.45) is 0 Å². The standard InChI is InChI=1S/C27H24N2O5/c1-3-14-34-27(33)20-8-5-9-21(16-20)29-23(19-7-4-6-17(2)15-19)22(25(31)26(29)32)24(30)18-10-12-28-13-11-18/h4-13,15-16,23,30H,3,14H2,1-2H3/b24-22+. The molecule has 1 atom stereocenters. The van der Waals surface area contributed by atoms with Crippen molar-refractivity contribution in [1.29, 1.82) is 0 Å². The number of nitrogens with zero attached hydrogens (tertiary/aromatic N) is 2. The largest absolute Gasteiger partial charge is 0.507 e. The maximum Gasteiger partial charge on any atom is 0.338 e. The van der Waals surface area contributed by atoms with E-state index in [1.807, 2.05) is 32.0 Å². The van der Waals surface area contributed by atoms with Crippen LogP contribution >= 0.6 is 0 Å². The lowest BCUT2D eigenvalue weighted by molar-refractivity contribution is -0.132. The quantitative estimate of drug-likeness (QED) is 0.252. The minimum absolute atomic E-state index is 0.0271. The zero-order valence-corrected chi connectivity index (χ0v) is 18.9. The molecular formula is C27H24N2O5. The first kappa shape index (κ1) is 22.9. The van der Waals surface area contributed by atoms with Crippen molar-refractivity contribution in [1.82, 2.24) is 4.98 Å². The molecule has 34 heavy (non-hydrogen) atoms. The van der Waals surface area contributed by atoms with Gasteiger partial charge in [0.15, 0.2) is 0 Å². The molecule has 1 N–H and O–H groups in total. The lowest BCUT2D eigenvalue weighted by Crippen LogP contribution is -2.29. The predicted molar refractivity (Wildman–Crippen MR) is 127 cm³/mol. The fraction of sp³-hybridized carbons (Fsp3) is 0.185. The van der Waals surface area contributed by atoms with Gasteiger partial charge in [0.05, 0.1) is 23.8 Å². The van der Waals surface area contributed by atoms with Crippen molar-refractivity contribution in [3.8, 4) is 0 Å². The lowest BCUT2D eigenvalue weighted by Gasteiger charge is -2.26. The number of anilines is 1. The zero-order valence-electron chi connectivity index (χ0n) is 18.9. The molecule has 0 radical (unpaired) electrons. The van der Waals surface area contributed by atoms with Gasteiger partial charge in [0.25, 0.3) is 11.7 Å². The number of ketones is 1. The number of hydrogen-bond donors (Lipinski definition) is 1. The van der Waals surface area contributed by atoms with Crippen LogP contribution in [0.3, 0.4) is 0 Å². The van der Waals surface area contributed by atoms with Crippen LogP contribution < -0.4 is 4.90 Å². The number of carbonyl (C=O) groups is 3. The van der Waals surface area contributed by atoms with Crippen LogP contribution in [-0.4, -0.2) is 34.4 Å². The number of esters is 1. The highest BCUT2D eigenvalue weighted by Gasteiger charge is 2.47. The molecule has 2 heterocycles. The minimum atomic E-state index is -0.880. The molecule has 0 spiro atoms. The first-order valence-corrected chi connectivity index (χ1v) is 11.0. The van der Waals surface area contributed by atoms with Crippen LogP contribution in [0.1, 0.15) is 46.4 Å². The Hall–Kier alpha value is -4.26. The van der Waals surface area contributed by atoms with E-state index in [9.17, 15) is 19.5 Å². The Kier molecular flexibility index (Phi) is 6.54. The van der Waals surface area contributed by atoms with Gasteiger partial charge in [-0.2, -0.15) is 0 Å². The van der Waals surface area contributed by atoms with Gasteiger partial charge in [0.2, 0.25) is 0 Å². The van der Waals surface area contributed by atoms with Gasteiger partial charge >= 0.3 is 5.97 Å². The number of amides is 1. The van der Waals surface area contributed by atoms with E-state index in [4.69, 9.17) is 4.74 Å². The normalized spacial score (nSPS) is 17.1.